The number of hydrogen-bond acceptors (Lipinski definition) is 4. The lowest BCUT2D eigenvalue weighted by Crippen LogP contribution is -2.45. The standard InChI is InChI=1S/C15H20N2O4/c1-2-3-14(15(18)19)16-12-6-4-10-5-7-13(17(20)21)9-11(10)8-12/h5,7,9,12,14,16H,2-4,6,8H2,1H3,(H,18,19). The van der Waals surface area contributed by atoms with E-state index in [2.05, 4.69) is 5.32 Å². The second-order valence-electron chi connectivity index (χ2n) is 5.50. The quantitative estimate of drug-likeness (QED) is 0.620. The molecule has 2 N–H and O–H groups in total. The molecule has 0 amide bonds. The molecule has 1 aromatic rings. The summed E-state index contributed by atoms with van der Waals surface area (Å²) in [5, 5.41) is 23.2. The number of nitrogens with one attached hydrogen (secondary N) is 1. The number of fused-ring (bicyclic) bond motifs is 1. The van der Waals surface area contributed by atoms with Gasteiger partial charge in [0.25, 0.3) is 5.69 Å². The van der Waals surface area contributed by atoms with Gasteiger partial charge in [-0.1, -0.05) is 19.4 Å². The van der Waals surface area contributed by atoms with Crippen molar-refractivity contribution in [3.63, 3.8) is 0 Å². The summed E-state index contributed by atoms with van der Waals surface area (Å²) in [4.78, 5) is 21.6. The number of aliphatic carboxylic acids is 1. The van der Waals surface area contributed by atoms with Crippen LogP contribution in [0.1, 0.15) is 37.3 Å². The molecule has 2 atom stereocenters. The molecule has 1 aliphatic rings. The van der Waals surface area contributed by atoms with Crippen molar-refractivity contribution in [2.75, 3.05) is 0 Å². The maximum Gasteiger partial charge on any atom is 0.320 e. The minimum absolute atomic E-state index is 0.0622. The summed E-state index contributed by atoms with van der Waals surface area (Å²) in [6.45, 7) is 1.96. The molecule has 6 nitrogen and oxygen atoms in total. The van der Waals surface area contributed by atoms with E-state index in [4.69, 9.17) is 0 Å². The summed E-state index contributed by atoms with van der Waals surface area (Å²) in [5.41, 5.74) is 2.17. The van der Waals surface area contributed by atoms with E-state index in [-0.39, 0.29) is 11.7 Å². The maximum absolute atomic E-state index is 11.2. The number of benzene rings is 1. The predicted octanol–water partition coefficient (Wildman–Crippen LogP) is 2.29. The highest BCUT2D eigenvalue weighted by atomic mass is 16.6. The lowest BCUT2D eigenvalue weighted by Gasteiger charge is -2.28. The normalized spacial score (nSPS) is 18.8. The van der Waals surface area contributed by atoms with Crippen molar-refractivity contribution in [3.05, 3.63) is 39.4 Å². The molecule has 2 unspecified atom stereocenters. The number of nitrogens with zero attached hydrogens (tertiary/aromatic N) is 1. The summed E-state index contributed by atoms with van der Waals surface area (Å²) in [6.07, 6.45) is 3.72. The van der Waals surface area contributed by atoms with E-state index >= 15 is 0 Å². The lowest BCUT2D eigenvalue weighted by molar-refractivity contribution is -0.384. The van der Waals surface area contributed by atoms with Crippen molar-refractivity contribution >= 4 is 11.7 Å². The highest BCUT2D eigenvalue weighted by Gasteiger charge is 2.25. The van der Waals surface area contributed by atoms with E-state index in [9.17, 15) is 20.0 Å². The summed E-state index contributed by atoms with van der Waals surface area (Å²) < 4.78 is 0. The second kappa shape index (κ2) is 6.67. The number of aryl methyl sites for hydroxylation is 1. The van der Waals surface area contributed by atoms with Crippen LogP contribution in [0.4, 0.5) is 5.69 Å². The molecule has 1 aromatic carbocycles. The third-order valence-corrected chi connectivity index (χ3v) is 3.94. The van der Waals surface area contributed by atoms with Gasteiger partial charge in [0.2, 0.25) is 0 Å². The first kappa shape index (κ1) is 15.4. The monoisotopic (exact) mass is 292 g/mol. The van der Waals surface area contributed by atoms with Crippen LogP contribution in [0.3, 0.4) is 0 Å². The molecule has 0 aliphatic heterocycles. The predicted molar refractivity (Wildman–Crippen MR) is 78.4 cm³/mol. The maximum atomic E-state index is 11.2. The van der Waals surface area contributed by atoms with E-state index < -0.39 is 16.9 Å². The zero-order valence-corrected chi connectivity index (χ0v) is 12.0. The van der Waals surface area contributed by atoms with Crippen LogP contribution in [0.15, 0.2) is 18.2 Å². The third-order valence-electron chi connectivity index (χ3n) is 3.94. The molecular formula is C15H20N2O4. The first-order chi connectivity index (χ1) is 10.0. The van der Waals surface area contributed by atoms with Crippen molar-refractivity contribution in [1.29, 1.82) is 0 Å². The molecule has 0 spiro atoms. The highest BCUT2D eigenvalue weighted by Crippen LogP contribution is 2.26. The van der Waals surface area contributed by atoms with Crippen LogP contribution in [0, 0.1) is 10.1 Å². The van der Waals surface area contributed by atoms with Crippen molar-refractivity contribution in [2.24, 2.45) is 0 Å². The molecule has 0 bridgehead atoms. The lowest BCUT2D eigenvalue weighted by atomic mass is 9.87. The molecule has 6 heteroatoms. The number of carboxylic acids is 1. The molecule has 21 heavy (non-hydrogen) atoms. The van der Waals surface area contributed by atoms with Crippen molar-refractivity contribution < 1.29 is 14.8 Å². The minimum atomic E-state index is -0.832. The molecule has 0 radical (unpaired) electrons. The second-order valence-corrected chi connectivity index (χ2v) is 5.50. The van der Waals surface area contributed by atoms with Gasteiger partial charge in [-0.25, -0.2) is 0 Å². The van der Waals surface area contributed by atoms with Crippen LogP contribution >= 0.6 is 0 Å². The molecule has 0 aromatic heterocycles. The molecule has 0 fully saturated rings. The Kier molecular flexibility index (Phi) is 4.90. The topological polar surface area (TPSA) is 92.5 Å². The summed E-state index contributed by atoms with van der Waals surface area (Å²) >= 11 is 0. The number of carbonyl (C=O) groups is 1. The van der Waals surface area contributed by atoms with Gasteiger partial charge in [-0.2, -0.15) is 0 Å². The van der Waals surface area contributed by atoms with Crippen molar-refractivity contribution in [3.8, 4) is 0 Å². The smallest absolute Gasteiger partial charge is 0.320 e. The number of nitro groups is 1. The van der Waals surface area contributed by atoms with Gasteiger partial charge in [-0.3, -0.25) is 14.9 Å². The first-order valence-corrected chi connectivity index (χ1v) is 7.26. The molecule has 0 heterocycles. The number of carboxylic acid groups (broad SMARTS) is 1. The molecule has 0 saturated heterocycles. The summed E-state index contributed by atoms with van der Waals surface area (Å²) in [5.74, 6) is -0.832. The fourth-order valence-electron chi connectivity index (χ4n) is 2.85. The average molecular weight is 292 g/mol. The molecule has 1 aliphatic carbocycles. The Morgan fingerprint density at radius 3 is 2.90 bits per heavy atom. The van der Waals surface area contributed by atoms with Crippen LogP contribution in [0.5, 0.6) is 0 Å². The zero-order valence-electron chi connectivity index (χ0n) is 12.0. The minimum Gasteiger partial charge on any atom is -0.480 e. The number of non-ortho nitro benzene ring substituents is 1. The third kappa shape index (κ3) is 3.78. The number of nitro benzene ring substituents is 1. The molecule has 114 valence electrons. The Morgan fingerprint density at radius 2 is 2.29 bits per heavy atom. The largest absolute Gasteiger partial charge is 0.480 e. The number of hydrogen-bond donors (Lipinski definition) is 2. The molecular weight excluding hydrogens is 272 g/mol. The molecule has 0 saturated carbocycles. The Bertz CT molecular complexity index is 544. The van der Waals surface area contributed by atoms with Gasteiger partial charge < -0.3 is 10.4 Å². The summed E-state index contributed by atoms with van der Waals surface area (Å²) in [7, 11) is 0. The van der Waals surface area contributed by atoms with E-state index in [1.165, 1.54) is 6.07 Å². The van der Waals surface area contributed by atoms with Crippen molar-refractivity contribution in [2.45, 2.75) is 51.1 Å². The Hall–Kier alpha value is -1.95. The molecule has 2 rings (SSSR count). The van der Waals surface area contributed by atoms with Gasteiger partial charge in [-0.05, 0) is 36.8 Å². The Labute approximate surface area is 123 Å². The Morgan fingerprint density at radius 1 is 1.52 bits per heavy atom. The first-order valence-electron chi connectivity index (χ1n) is 7.26. The number of rotatable bonds is 6. The van der Waals surface area contributed by atoms with Gasteiger partial charge in [0, 0.05) is 18.2 Å². The van der Waals surface area contributed by atoms with Gasteiger partial charge in [-0.15, -0.1) is 0 Å². The van der Waals surface area contributed by atoms with Crippen LogP contribution in [-0.2, 0) is 17.6 Å². The van der Waals surface area contributed by atoms with Gasteiger partial charge in [0.15, 0.2) is 0 Å². The van der Waals surface area contributed by atoms with E-state index in [1.54, 1.807) is 6.07 Å². The van der Waals surface area contributed by atoms with Crippen LogP contribution in [-0.4, -0.2) is 28.1 Å². The summed E-state index contributed by atoms with van der Waals surface area (Å²) in [6, 6.07) is 4.47. The SMILES string of the molecule is CCCC(NC1CCc2ccc([N+](=O)[O-])cc2C1)C(=O)O. The van der Waals surface area contributed by atoms with E-state index in [1.807, 2.05) is 13.0 Å². The zero-order chi connectivity index (χ0) is 15.4. The van der Waals surface area contributed by atoms with Crippen molar-refractivity contribution in [1.82, 2.24) is 5.32 Å². The highest BCUT2D eigenvalue weighted by molar-refractivity contribution is 5.73. The van der Waals surface area contributed by atoms with Gasteiger partial charge in [0.05, 0.1) is 4.92 Å². The van der Waals surface area contributed by atoms with Crippen LogP contribution in [0.2, 0.25) is 0 Å². The van der Waals surface area contributed by atoms with E-state index in [0.717, 1.165) is 30.4 Å². The van der Waals surface area contributed by atoms with Gasteiger partial charge in [0.1, 0.15) is 6.04 Å². The van der Waals surface area contributed by atoms with E-state index in [0.29, 0.717) is 12.8 Å². The van der Waals surface area contributed by atoms with Crippen LogP contribution < -0.4 is 5.32 Å². The average Bonchev–Trinajstić information content (AvgIpc) is 2.45. The Balaban J connectivity index is 2.08. The fourth-order valence-corrected chi connectivity index (χ4v) is 2.85. The van der Waals surface area contributed by atoms with Crippen LogP contribution in [0.25, 0.3) is 0 Å². The van der Waals surface area contributed by atoms with Gasteiger partial charge >= 0.3 is 5.97 Å². The fraction of sp³-hybridized carbons (Fsp3) is 0.533.